The van der Waals surface area contributed by atoms with Crippen LogP contribution in [0.2, 0.25) is 5.02 Å². The van der Waals surface area contributed by atoms with Gasteiger partial charge in [0.1, 0.15) is 18.6 Å². The van der Waals surface area contributed by atoms with Crippen molar-refractivity contribution in [3.8, 4) is 5.75 Å². The number of likely N-dealkylation sites (tertiary alicyclic amines) is 1. The van der Waals surface area contributed by atoms with Gasteiger partial charge in [0.05, 0.1) is 11.3 Å². The molecule has 3 aromatic rings. The lowest BCUT2D eigenvalue weighted by Crippen LogP contribution is -2.42. The first-order chi connectivity index (χ1) is 16.6. The summed E-state index contributed by atoms with van der Waals surface area (Å²) in [4.78, 5) is 18.3. The standard InChI is InChI=1S/C28H27ClN2O3/c29-22-8-6-21(7-9-22)28(33)11-15-31(16-12-28)14-2-4-23-24-3-1-13-30-26(24)19-34-27-10-5-20(18-32)17-25(23)27/h1,3-10,13,17-18,33H,2,11-12,14-16,19H2. The molecule has 5 rings (SSSR count). The number of piperidine rings is 1. The van der Waals surface area contributed by atoms with Gasteiger partial charge in [0.25, 0.3) is 0 Å². The number of carbonyl (C=O) groups is 1. The normalized spacial score (nSPS) is 18.5. The van der Waals surface area contributed by atoms with Crippen molar-refractivity contribution in [1.82, 2.24) is 9.88 Å². The van der Waals surface area contributed by atoms with Crippen LogP contribution in [-0.2, 0) is 12.2 Å². The van der Waals surface area contributed by atoms with Gasteiger partial charge in [0.15, 0.2) is 0 Å². The minimum absolute atomic E-state index is 0.399. The third-order valence-corrected chi connectivity index (χ3v) is 7.09. The van der Waals surface area contributed by atoms with Crippen LogP contribution in [0, 0.1) is 0 Å². The minimum atomic E-state index is -0.799. The molecular formula is C28H27ClN2O3. The van der Waals surface area contributed by atoms with Gasteiger partial charge in [-0.2, -0.15) is 0 Å². The van der Waals surface area contributed by atoms with E-state index in [0.717, 1.165) is 66.0 Å². The van der Waals surface area contributed by atoms with Crippen LogP contribution in [0.1, 0.15) is 52.0 Å². The highest BCUT2D eigenvalue weighted by Gasteiger charge is 2.33. The highest BCUT2D eigenvalue weighted by atomic mass is 35.5. The number of benzene rings is 2. The van der Waals surface area contributed by atoms with Gasteiger partial charge < -0.3 is 14.7 Å². The van der Waals surface area contributed by atoms with E-state index in [9.17, 15) is 9.90 Å². The van der Waals surface area contributed by atoms with Crippen molar-refractivity contribution in [2.75, 3.05) is 19.6 Å². The van der Waals surface area contributed by atoms with E-state index in [2.05, 4.69) is 22.0 Å². The minimum Gasteiger partial charge on any atom is -0.487 e. The number of fused-ring (bicyclic) bond motifs is 2. The van der Waals surface area contributed by atoms with Crippen molar-refractivity contribution in [2.24, 2.45) is 0 Å². The number of aromatic nitrogens is 1. The summed E-state index contributed by atoms with van der Waals surface area (Å²) in [5, 5.41) is 11.8. The van der Waals surface area contributed by atoms with E-state index >= 15 is 0 Å². The lowest BCUT2D eigenvalue weighted by atomic mass is 9.84. The van der Waals surface area contributed by atoms with E-state index in [0.29, 0.717) is 30.0 Å². The average Bonchev–Trinajstić information content (AvgIpc) is 3.02. The van der Waals surface area contributed by atoms with Crippen LogP contribution in [0.15, 0.2) is 66.9 Å². The van der Waals surface area contributed by atoms with Crippen molar-refractivity contribution in [1.29, 1.82) is 0 Å². The topological polar surface area (TPSA) is 62.7 Å². The Morgan fingerprint density at radius 1 is 1.09 bits per heavy atom. The number of halogens is 1. The van der Waals surface area contributed by atoms with E-state index < -0.39 is 5.60 Å². The molecule has 34 heavy (non-hydrogen) atoms. The number of pyridine rings is 1. The van der Waals surface area contributed by atoms with Gasteiger partial charge in [0, 0.05) is 47.5 Å². The molecule has 2 aliphatic heterocycles. The molecule has 1 saturated heterocycles. The molecule has 0 spiro atoms. The fourth-order valence-corrected chi connectivity index (χ4v) is 4.98. The molecular weight excluding hydrogens is 448 g/mol. The van der Waals surface area contributed by atoms with Gasteiger partial charge in [-0.3, -0.25) is 9.78 Å². The van der Waals surface area contributed by atoms with Crippen molar-refractivity contribution in [3.05, 3.63) is 99.8 Å². The number of carbonyl (C=O) groups excluding carboxylic acids is 1. The molecule has 0 unspecified atom stereocenters. The first-order valence-electron chi connectivity index (χ1n) is 11.6. The zero-order chi connectivity index (χ0) is 23.5. The molecule has 0 amide bonds. The van der Waals surface area contributed by atoms with E-state index in [1.54, 1.807) is 12.3 Å². The van der Waals surface area contributed by atoms with Crippen LogP contribution in [0.5, 0.6) is 5.75 Å². The van der Waals surface area contributed by atoms with Gasteiger partial charge in [0.2, 0.25) is 0 Å². The molecule has 0 bridgehead atoms. The maximum Gasteiger partial charge on any atom is 0.150 e. The summed E-state index contributed by atoms with van der Waals surface area (Å²) >= 11 is 6.01. The van der Waals surface area contributed by atoms with Crippen molar-refractivity contribution in [3.63, 3.8) is 0 Å². The van der Waals surface area contributed by atoms with Crippen LogP contribution in [0.4, 0.5) is 0 Å². The van der Waals surface area contributed by atoms with E-state index in [-0.39, 0.29) is 0 Å². The van der Waals surface area contributed by atoms with Crippen molar-refractivity contribution >= 4 is 23.5 Å². The summed E-state index contributed by atoms with van der Waals surface area (Å²) in [5.74, 6) is 0.765. The lowest BCUT2D eigenvalue weighted by Gasteiger charge is -2.38. The molecule has 0 aliphatic carbocycles. The number of rotatable bonds is 5. The van der Waals surface area contributed by atoms with Gasteiger partial charge in [-0.05, 0) is 66.8 Å². The van der Waals surface area contributed by atoms with E-state index in [1.165, 1.54) is 0 Å². The molecule has 1 N–H and O–H groups in total. The summed E-state index contributed by atoms with van der Waals surface area (Å²) in [7, 11) is 0. The summed E-state index contributed by atoms with van der Waals surface area (Å²) < 4.78 is 6.01. The second-order valence-electron chi connectivity index (χ2n) is 8.95. The lowest BCUT2D eigenvalue weighted by molar-refractivity contribution is -0.0254. The predicted octanol–water partition coefficient (Wildman–Crippen LogP) is 5.25. The molecule has 5 nitrogen and oxygen atoms in total. The highest BCUT2D eigenvalue weighted by molar-refractivity contribution is 6.30. The Morgan fingerprint density at radius 2 is 1.88 bits per heavy atom. The summed E-state index contributed by atoms with van der Waals surface area (Å²) in [5.41, 5.74) is 4.67. The molecule has 0 radical (unpaired) electrons. The summed E-state index contributed by atoms with van der Waals surface area (Å²) in [6.45, 7) is 2.95. The quantitative estimate of drug-likeness (QED) is 0.512. The van der Waals surface area contributed by atoms with Crippen molar-refractivity contribution < 1.29 is 14.6 Å². The number of aldehydes is 1. The highest BCUT2D eigenvalue weighted by Crippen LogP contribution is 2.37. The number of hydrogen-bond donors (Lipinski definition) is 1. The van der Waals surface area contributed by atoms with E-state index in [4.69, 9.17) is 16.3 Å². The largest absolute Gasteiger partial charge is 0.487 e. The van der Waals surface area contributed by atoms with Crippen molar-refractivity contribution in [2.45, 2.75) is 31.5 Å². The third kappa shape index (κ3) is 4.64. The Balaban J connectivity index is 1.32. The third-order valence-electron chi connectivity index (χ3n) is 6.83. The SMILES string of the molecule is O=Cc1ccc2c(c1)C(=CCCN1CCC(O)(c3ccc(Cl)cc3)CC1)c1cccnc1CO2. The first-order valence-corrected chi connectivity index (χ1v) is 12.0. The van der Waals surface area contributed by atoms with Crippen LogP contribution in [0.25, 0.3) is 5.57 Å². The Hall–Kier alpha value is -2.99. The maximum atomic E-state index is 11.4. The number of aliphatic hydroxyl groups is 1. The molecule has 0 atom stereocenters. The fraction of sp³-hybridized carbons (Fsp3) is 0.286. The molecule has 2 aromatic carbocycles. The van der Waals surface area contributed by atoms with Crippen LogP contribution in [-0.4, -0.2) is 40.9 Å². The van der Waals surface area contributed by atoms with Crippen LogP contribution >= 0.6 is 11.6 Å². The smallest absolute Gasteiger partial charge is 0.150 e. The second kappa shape index (κ2) is 9.71. The summed E-state index contributed by atoms with van der Waals surface area (Å²) in [6.07, 6.45) is 7.09. The van der Waals surface area contributed by atoms with Gasteiger partial charge in [-0.15, -0.1) is 0 Å². The molecule has 0 saturated carbocycles. The fourth-order valence-electron chi connectivity index (χ4n) is 4.85. The number of ether oxygens (including phenoxy) is 1. The molecule has 1 aromatic heterocycles. The molecule has 6 heteroatoms. The van der Waals surface area contributed by atoms with Gasteiger partial charge >= 0.3 is 0 Å². The zero-order valence-electron chi connectivity index (χ0n) is 18.9. The molecule has 174 valence electrons. The number of hydrogen-bond acceptors (Lipinski definition) is 5. The Bertz CT molecular complexity index is 1210. The van der Waals surface area contributed by atoms with Crippen LogP contribution in [0.3, 0.4) is 0 Å². The zero-order valence-corrected chi connectivity index (χ0v) is 19.7. The first kappa shape index (κ1) is 22.8. The van der Waals surface area contributed by atoms with Gasteiger partial charge in [-0.1, -0.05) is 35.9 Å². The molecule has 1 fully saturated rings. The van der Waals surface area contributed by atoms with Gasteiger partial charge in [-0.25, -0.2) is 0 Å². The Labute approximate surface area is 204 Å². The second-order valence-corrected chi connectivity index (χ2v) is 9.38. The van der Waals surface area contributed by atoms with Crippen LogP contribution < -0.4 is 4.74 Å². The predicted molar refractivity (Wildman–Crippen MR) is 133 cm³/mol. The average molecular weight is 475 g/mol. The van der Waals surface area contributed by atoms with E-state index in [1.807, 2.05) is 42.5 Å². The Kier molecular flexibility index (Phi) is 6.50. The number of nitrogens with zero attached hydrogens (tertiary/aromatic N) is 2. The monoisotopic (exact) mass is 474 g/mol. The summed E-state index contributed by atoms with van der Waals surface area (Å²) in [6, 6.07) is 17.1. The Morgan fingerprint density at radius 3 is 2.65 bits per heavy atom. The molecule has 2 aliphatic rings. The maximum absolute atomic E-state index is 11.4. The molecule has 3 heterocycles.